The number of halogens is 2. The Kier molecular flexibility index (Phi) is 7.57. The van der Waals surface area contributed by atoms with Crippen molar-refractivity contribution < 1.29 is 0 Å². The van der Waals surface area contributed by atoms with Gasteiger partial charge >= 0.3 is 0 Å². The van der Waals surface area contributed by atoms with Gasteiger partial charge in [-0.05, 0) is 24.0 Å². The van der Waals surface area contributed by atoms with Gasteiger partial charge in [-0.1, -0.05) is 83.9 Å². The fraction of sp³-hybridized carbons (Fsp3) is 0.167. The predicted molar refractivity (Wildman–Crippen MR) is 123 cm³/mol. The first-order valence-corrected chi connectivity index (χ1v) is 10.3. The third kappa shape index (κ3) is 5.05. The van der Waals surface area contributed by atoms with Gasteiger partial charge in [0.15, 0.2) is 0 Å². The second kappa shape index (κ2) is 10.6. The highest BCUT2D eigenvalue weighted by molar-refractivity contribution is 6.40. The first-order chi connectivity index (χ1) is 14.7. The molecule has 3 rings (SSSR count). The summed E-state index contributed by atoms with van der Waals surface area (Å²) in [7, 11) is 0. The Morgan fingerprint density at radius 1 is 0.633 bits per heavy atom. The molecular weight excluding hydrogens is 415 g/mol. The molecule has 30 heavy (non-hydrogen) atoms. The minimum atomic E-state index is 0.0833. The van der Waals surface area contributed by atoms with Crippen molar-refractivity contribution in [2.24, 2.45) is 0 Å². The van der Waals surface area contributed by atoms with E-state index in [1.807, 2.05) is 48.5 Å². The van der Waals surface area contributed by atoms with E-state index in [2.05, 4.69) is 34.9 Å². The third-order valence-electron chi connectivity index (χ3n) is 4.72. The van der Waals surface area contributed by atoms with E-state index in [1.165, 1.54) is 11.1 Å². The molecule has 0 amide bonds. The summed E-state index contributed by atoms with van der Waals surface area (Å²) in [4.78, 5) is 0. The van der Waals surface area contributed by atoms with Crippen molar-refractivity contribution in [3.05, 3.63) is 93.0 Å². The van der Waals surface area contributed by atoms with Gasteiger partial charge in [-0.25, -0.2) is 0 Å². The van der Waals surface area contributed by atoms with Crippen LogP contribution in [0, 0.1) is 22.7 Å². The maximum Gasteiger partial charge on any atom is 0.102 e. The van der Waals surface area contributed by atoms with E-state index in [9.17, 15) is 10.5 Å². The van der Waals surface area contributed by atoms with Crippen LogP contribution in [0.25, 0.3) is 0 Å². The second-order valence-corrected chi connectivity index (χ2v) is 7.43. The Bertz CT molecular complexity index is 996. The molecule has 0 radical (unpaired) electrons. The number of benzene rings is 3. The molecule has 0 saturated carbocycles. The SMILES string of the molecule is N#Cc1c(Cl)c(NCCc2ccccc2)c(NCCc2ccccc2)c(Cl)c1C#N. The van der Waals surface area contributed by atoms with Crippen molar-refractivity contribution in [3.8, 4) is 12.1 Å². The zero-order valence-corrected chi connectivity index (χ0v) is 17.8. The predicted octanol–water partition coefficient (Wildman–Crippen LogP) is 6.05. The molecule has 0 aromatic heterocycles. The molecule has 0 spiro atoms. The summed E-state index contributed by atoms with van der Waals surface area (Å²) >= 11 is 13.0. The van der Waals surface area contributed by atoms with Crippen molar-refractivity contribution in [1.29, 1.82) is 10.5 Å². The van der Waals surface area contributed by atoms with E-state index in [0.717, 1.165) is 12.8 Å². The average molecular weight is 435 g/mol. The Morgan fingerprint density at radius 3 is 1.33 bits per heavy atom. The highest BCUT2D eigenvalue weighted by Crippen LogP contribution is 2.42. The van der Waals surface area contributed by atoms with Crippen LogP contribution in [0.5, 0.6) is 0 Å². The molecule has 4 nitrogen and oxygen atoms in total. The lowest BCUT2D eigenvalue weighted by atomic mass is 10.1. The molecule has 0 aliphatic carbocycles. The Hall–Kier alpha value is -3.18. The quantitative estimate of drug-likeness (QED) is 0.452. The van der Waals surface area contributed by atoms with Crippen LogP contribution in [0.4, 0.5) is 11.4 Å². The highest BCUT2D eigenvalue weighted by Gasteiger charge is 2.22. The van der Waals surface area contributed by atoms with Gasteiger partial charge in [0.25, 0.3) is 0 Å². The van der Waals surface area contributed by atoms with Crippen molar-refractivity contribution in [2.45, 2.75) is 12.8 Å². The molecule has 0 fully saturated rings. The standard InChI is InChI=1S/C24H20Cl2N4/c25-21-19(15-27)20(16-28)22(26)24(30-14-12-18-9-5-2-6-10-18)23(21)29-13-11-17-7-3-1-4-8-17/h1-10,29-30H,11-14H2. The maximum absolute atomic E-state index is 9.51. The van der Waals surface area contributed by atoms with Gasteiger partial charge in [0.1, 0.15) is 12.1 Å². The topological polar surface area (TPSA) is 71.6 Å². The number of nitrogens with one attached hydrogen (secondary N) is 2. The summed E-state index contributed by atoms with van der Waals surface area (Å²) in [5.41, 5.74) is 3.61. The fourth-order valence-electron chi connectivity index (χ4n) is 3.18. The molecule has 6 heteroatoms. The molecule has 150 valence electrons. The first-order valence-electron chi connectivity index (χ1n) is 9.56. The summed E-state index contributed by atoms with van der Waals surface area (Å²) in [6.45, 7) is 1.20. The molecule has 0 aliphatic rings. The lowest BCUT2D eigenvalue weighted by Gasteiger charge is -2.19. The number of anilines is 2. The van der Waals surface area contributed by atoms with Gasteiger partial charge in [-0.3, -0.25) is 0 Å². The number of nitrogens with zero attached hydrogens (tertiary/aromatic N) is 2. The fourth-order valence-corrected chi connectivity index (χ4v) is 3.78. The zero-order valence-electron chi connectivity index (χ0n) is 16.3. The summed E-state index contributed by atoms with van der Waals surface area (Å²) in [5.74, 6) is 0. The largest absolute Gasteiger partial charge is 0.382 e. The molecule has 0 heterocycles. The number of hydrogen-bond donors (Lipinski definition) is 2. The van der Waals surface area contributed by atoms with E-state index < -0.39 is 0 Å². The highest BCUT2D eigenvalue weighted by atomic mass is 35.5. The van der Waals surface area contributed by atoms with Crippen molar-refractivity contribution in [2.75, 3.05) is 23.7 Å². The van der Waals surface area contributed by atoms with Crippen molar-refractivity contribution >= 4 is 34.6 Å². The van der Waals surface area contributed by atoms with Crippen molar-refractivity contribution in [1.82, 2.24) is 0 Å². The van der Waals surface area contributed by atoms with Gasteiger partial charge < -0.3 is 10.6 Å². The third-order valence-corrected chi connectivity index (χ3v) is 5.47. The Balaban J connectivity index is 1.85. The van der Waals surface area contributed by atoms with Crippen LogP contribution in [0.2, 0.25) is 10.0 Å². The van der Waals surface area contributed by atoms with E-state index in [1.54, 1.807) is 0 Å². The van der Waals surface area contributed by atoms with E-state index in [0.29, 0.717) is 24.5 Å². The van der Waals surface area contributed by atoms with Crippen LogP contribution in [0.3, 0.4) is 0 Å². The van der Waals surface area contributed by atoms with E-state index in [-0.39, 0.29) is 21.2 Å². The summed E-state index contributed by atoms with van der Waals surface area (Å²) in [6.07, 6.45) is 1.56. The molecule has 0 saturated heterocycles. The average Bonchev–Trinajstić information content (AvgIpc) is 2.78. The van der Waals surface area contributed by atoms with Crippen LogP contribution in [-0.2, 0) is 12.8 Å². The molecule has 0 bridgehead atoms. The molecule has 0 unspecified atom stereocenters. The molecular formula is C24H20Cl2N4. The smallest absolute Gasteiger partial charge is 0.102 e. The second-order valence-electron chi connectivity index (χ2n) is 6.68. The summed E-state index contributed by atoms with van der Waals surface area (Å²) in [5, 5.41) is 26.0. The van der Waals surface area contributed by atoms with Crippen LogP contribution in [0.15, 0.2) is 60.7 Å². The zero-order chi connectivity index (χ0) is 21.3. The summed E-state index contributed by atoms with van der Waals surface area (Å²) < 4.78 is 0. The maximum atomic E-state index is 9.51. The molecule has 2 N–H and O–H groups in total. The van der Waals surface area contributed by atoms with E-state index in [4.69, 9.17) is 23.2 Å². The molecule has 3 aromatic carbocycles. The van der Waals surface area contributed by atoms with Crippen LogP contribution < -0.4 is 10.6 Å². The molecule has 0 atom stereocenters. The van der Waals surface area contributed by atoms with E-state index >= 15 is 0 Å². The molecule has 0 aliphatic heterocycles. The van der Waals surface area contributed by atoms with Crippen LogP contribution >= 0.6 is 23.2 Å². The minimum absolute atomic E-state index is 0.0833. The van der Waals surface area contributed by atoms with Crippen LogP contribution in [0.1, 0.15) is 22.3 Å². The lowest BCUT2D eigenvalue weighted by molar-refractivity contribution is 1.00. The monoisotopic (exact) mass is 434 g/mol. The lowest BCUT2D eigenvalue weighted by Crippen LogP contribution is -2.13. The number of hydrogen-bond acceptors (Lipinski definition) is 4. The number of rotatable bonds is 8. The van der Waals surface area contributed by atoms with Crippen molar-refractivity contribution in [3.63, 3.8) is 0 Å². The Labute approximate surface area is 186 Å². The van der Waals surface area contributed by atoms with Gasteiger partial charge in [0.05, 0.1) is 32.5 Å². The van der Waals surface area contributed by atoms with Gasteiger partial charge in [0.2, 0.25) is 0 Å². The van der Waals surface area contributed by atoms with Crippen LogP contribution in [-0.4, -0.2) is 13.1 Å². The minimum Gasteiger partial charge on any atom is -0.382 e. The molecule has 3 aromatic rings. The Morgan fingerprint density at radius 2 is 1.00 bits per heavy atom. The van der Waals surface area contributed by atoms with Gasteiger partial charge in [-0.2, -0.15) is 10.5 Å². The summed E-state index contributed by atoms with van der Waals surface area (Å²) in [6, 6.07) is 24.1. The normalized spacial score (nSPS) is 10.1. The van der Waals surface area contributed by atoms with Gasteiger partial charge in [0, 0.05) is 13.1 Å². The first kappa shape index (κ1) is 21.5. The number of nitriles is 2. The van der Waals surface area contributed by atoms with Gasteiger partial charge in [-0.15, -0.1) is 0 Å².